The fraction of sp³-hybridized carbons (Fsp3) is 0.263. The zero-order chi connectivity index (χ0) is 19.2. The van der Waals surface area contributed by atoms with E-state index < -0.39 is 0 Å². The molecular weight excluding hydrogens is 378 g/mol. The van der Waals surface area contributed by atoms with Gasteiger partial charge in [-0.1, -0.05) is 41.6 Å². The van der Waals surface area contributed by atoms with Crippen LogP contribution in [0.2, 0.25) is 0 Å². The standard InChI is InChI=1S/C19H21N5OS2/c1-4-24-18(15-7-5-13(2)6-8-15)22-23-19(24)27-12-17(25)21-20-11-16-14(3)9-10-26-16/h5-11H,4,12H2,1-3H3,(H,21,25)/b20-11-. The molecule has 0 spiro atoms. The number of carbonyl (C=O) groups is 1. The summed E-state index contributed by atoms with van der Waals surface area (Å²) in [7, 11) is 0. The van der Waals surface area contributed by atoms with Crippen LogP contribution in [0.15, 0.2) is 46.0 Å². The molecule has 0 saturated heterocycles. The Hall–Kier alpha value is -2.45. The van der Waals surface area contributed by atoms with E-state index in [0.717, 1.165) is 33.5 Å². The van der Waals surface area contributed by atoms with Crippen LogP contribution in [-0.4, -0.2) is 32.6 Å². The minimum atomic E-state index is -0.173. The van der Waals surface area contributed by atoms with E-state index in [1.165, 1.54) is 17.3 Å². The van der Waals surface area contributed by atoms with Gasteiger partial charge in [0.25, 0.3) is 5.91 Å². The number of hydrazone groups is 1. The zero-order valence-electron chi connectivity index (χ0n) is 15.5. The monoisotopic (exact) mass is 399 g/mol. The highest BCUT2D eigenvalue weighted by molar-refractivity contribution is 7.99. The summed E-state index contributed by atoms with van der Waals surface area (Å²) in [5.41, 5.74) is 5.92. The number of nitrogens with zero attached hydrogens (tertiary/aromatic N) is 4. The second-order valence-corrected chi connectivity index (χ2v) is 7.86. The fourth-order valence-electron chi connectivity index (χ4n) is 2.44. The Bertz CT molecular complexity index is 943. The van der Waals surface area contributed by atoms with E-state index in [-0.39, 0.29) is 11.7 Å². The molecule has 3 rings (SSSR count). The average Bonchev–Trinajstić information content (AvgIpc) is 3.26. The van der Waals surface area contributed by atoms with E-state index in [2.05, 4.69) is 39.8 Å². The van der Waals surface area contributed by atoms with Gasteiger partial charge >= 0.3 is 0 Å². The third kappa shape index (κ3) is 4.84. The van der Waals surface area contributed by atoms with Crippen LogP contribution in [0, 0.1) is 13.8 Å². The van der Waals surface area contributed by atoms with Gasteiger partial charge in [0.05, 0.1) is 12.0 Å². The van der Waals surface area contributed by atoms with Crippen LogP contribution < -0.4 is 5.43 Å². The number of hydrogen-bond acceptors (Lipinski definition) is 6. The lowest BCUT2D eigenvalue weighted by molar-refractivity contribution is -0.118. The molecular formula is C19H21N5OS2. The van der Waals surface area contributed by atoms with Crippen molar-refractivity contribution in [2.45, 2.75) is 32.5 Å². The average molecular weight is 400 g/mol. The van der Waals surface area contributed by atoms with Gasteiger partial charge in [-0.25, -0.2) is 5.43 Å². The molecule has 0 aliphatic heterocycles. The molecule has 1 N–H and O–H groups in total. The molecule has 0 fully saturated rings. The van der Waals surface area contributed by atoms with Crippen molar-refractivity contribution < 1.29 is 4.79 Å². The minimum absolute atomic E-state index is 0.173. The SMILES string of the molecule is CCn1c(SCC(=O)N/N=C\c2sccc2C)nnc1-c1ccc(C)cc1. The number of rotatable bonds is 7. The smallest absolute Gasteiger partial charge is 0.250 e. The van der Waals surface area contributed by atoms with Gasteiger partial charge in [0.1, 0.15) is 0 Å². The third-order valence-corrected chi connectivity index (χ3v) is 5.87. The molecule has 1 aromatic carbocycles. The van der Waals surface area contributed by atoms with Crippen LogP contribution in [0.3, 0.4) is 0 Å². The molecule has 2 aromatic heterocycles. The first-order valence-corrected chi connectivity index (χ1v) is 10.4. The summed E-state index contributed by atoms with van der Waals surface area (Å²) in [6, 6.07) is 10.2. The van der Waals surface area contributed by atoms with Crippen molar-refractivity contribution in [3.05, 3.63) is 51.7 Å². The Balaban J connectivity index is 1.61. The molecule has 6 nitrogen and oxygen atoms in total. The summed E-state index contributed by atoms with van der Waals surface area (Å²) in [5, 5.41) is 15.3. The summed E-state index contributed by atoms with van der Waals surface area (Å²) < 4.78 is 2.01. The fourth-order valence-corrected chi connectivity index (χ4v) is 4.02. The molecule has 0 aliphatic carbocycles. The molecule has 0 aliphatic rings. The van der Waals surface area contributed by atoms with Gasteiger partial charge < -0.3 is 4.57 Å². The van der Waals surface area contributed by atoms with Gasteiger partial charge in [-0.2, -0.15) is 5.10 Å². The number of hydrogen-bond donors (Lipinski definition) is 1. The van der Waals surface area contributed by atoms with Gasteiger partial charge in [-0.05, 0) is 37.8 Å². The van der Waals surface area contributed by atoms with Crippen LogP contribution >= 0.6 is 23.1 Å². The van der Waals surface area contributed by atoms with Gasteiger partial charge in [-0.3, -0.25) is 4.79 Å². The molecule has 0 radical (unpaired) electrons. The van der Waals surface area contributed by atoms with E-state index in [4.69, 9.17) is 0 Å². The lowest BCUT2D eigenvalue weighted by Crippen LogP contribution is -2.20. The van der Waals surface area contributed by atoms with E-state index in [1.54, 1.807) is 17.6 Å². The Morgan fingerprint density at radius 2 is 2.04 bits per heavy atom. The number of benzene rings is 1. The van der Waals surface area contributed by atoms with E-state index in [0.29, 0.717) is 0 Å². The third-order valence-electron chi connectivity index (χ3n) is 3.95. The van der Waals surface area contributed by atoms with Crippen LogP contribution in [-0.2, 0) is 11.3 Å². The first-order chi connectivity index (χ1) is 13.1. The normalized spacial score (nSPS) is 11.2. The minimum Gasteiger partial charge on any atom is -0.302 e. The predicted octanol–water partition coefficient (Wildman–Crippen LogP) is 3.89. The molecule has 0 atom stereocenters. The Morgan fingerprint density at radius 3 is 2.70 bits per heavy atom. The first-order valence-electron chi connectivity index (χ1n) is 8.57. The first kappa shape index (κ1) is 19.3. The lowest BCUT2D eigenvalue weighted by atomic mass is 10.1. The number of thiophene rings is 1. The molecule has 8 heteroatoms. The summed E-state index contributed by atoms with van der Waals surface area (Å²) in [6.45, 7) is 6.84. The van der Waals surface area contributed by atoms with Crippen molar-refractivity contribution in [3.8, 4) is 11.4 Å². The summed E-state index contributed by atoms with van der Waals surface area (Å²) in [6.07, 6.45) is 1.67. The van der Waals surface area contributed by atoms with Crippen molar-refractivity contribution in [2.75, 3.05) is 5.75 Å². The maximum Gasteiger partial charge on any atom is 0.250 e. The van der Waals surface area contributed by atoms with Gasteiger partial charge in [0.2, 0.25) is 0 Å². The quantitative estimate of drug-likeness (QED) is 0.372. The molecule has 0 saturated carbocycles. The molecule has 3 aromatic rings. The zero-order valence-corrected chi connectivity index (χ0v) is 17.1. The van der Waals surface area contributed by atoms with Crippen LogP contribution in [0.25, 0.3) is 11.4 Å². The van der Waals surface area contributed by atoms with E-state index in [1.807, 2.05) is 42.0 Å². The molecule has 0 bridgehead atoms. The van der Waals surface area contributed by atoms with Crippen molar-refractivity contribution in [1.29, 1.82) is 0 Å². The van der Waals surface area contributed by atoms with Crippen LogP contribution in [0.4, 0.5) is 0 Å². The second kappa shape index (κ2) is 8.96. The highest BCUT2D eigenvalue weighted by atomic mass is 32.2. The summed E-state index contributed by atoms with van der Waals surface area (Å²) in [5.74, 6) is 0.867. The number of nitrogens with one attached hydrogen (secondary N) is 1. The number of thioether (sulfide) groups is 1. The van der Waals surface area contributed by atoms with E-state index >= 15 is 0 Å². The van der Waals surface area contributed by atoms with E-state index in [9.17, 15) is 4.79 Å². The molecule has 2 heterocycles. The lowest BCUT2D eigenvalue weighted by Gasteiger charge is -2.07. The Labute approximate surface area is 166 Å². The molecule has 140 valence electrons. The second-order valence-electron chi connectivity index (χ2n) is 5.97. The Morgan fingerprint density at radius 1 is 1.26 bits per heavy atom. The molecule has 1 amide bonds. The van der Waals surface area contributed by atoms with Crippen molar-refractivity contribution >= 4 is 35.2 Å². The van der Waals surface area contributed by atoms with Gasteiger partial charge in [0, 0.05) is 17.0 Å². The van der Waals surface area contributed by atoms with Crippen molar-refractivity contribution in [2.24, 2.45) is 5.10 Å². The highest BCUT2D eigenvalue weighted by Crippen LogP contribution is 2.24. The molecule has 27 heavy (non-hydrogen) atoms. The topological polar surface area (TPSA) is 72.2 Å². The Kier molecular flexibility index (Phi) is 6.41. The largest absolute Gasteiger partial charge is 0.302 e. The van der Waals surface area contributed by atoms with Crippen LogP contribution in [0.1, 0.15) is 22.9 Å². The number of aryl methyl sites for hydroxylation is 2. The summed E-state index contributed by atoms with van der Waals surface area (Å²) >= 11 is 2.95. The number of amides is 1. The number of carbonyl (C=O) groups excluding carboxylic acids is 1. The predicted molar refractivity (Wildman–Crippen MR) is 111 cm³/mol. The van der Waals surface area contributed by atoms with Crippen LogP contribution in [0.5, 0.6) is 0 Å². The maximum absolute atomic E-state index is 12.0. The highest BCUT2D eigenvalue weighted by Gasteiger charge is 2.14. The van der Waals surface area contributed by atoms with Gasteiger partial charge in [-0.15, -0.1) is 21.5 Å². The maximum atomic E-state index is 12.0. The van der Waals surface area contributed by atoms with Crippen molar-refractivity contribution in [1.82, 2.24) is 20.2 Å². The summed E-state index contributed by atoms with van der Waals surface area (Å²) in [4.78, 5) is 13.1. The number of aromatic nitrogens is 3. The van der Waals surface area contributed by atoms with Crippen molar-refractivity contribution in [3.63, 3.8) is 0 Å². The van der Waals surface area contributed by atoms with Gasteiger partial charge in [0.15, 0.2) is 11.0 Å². The molecule has 0 unspecified atom stereocenters.